The molecule has 0 amide bonds. The average molecular weight is 303 g/mol. The number of nitrogens with zero attached hydrogens (tertiary/aromatic N) is 1. The van der Waals surface area contributed by atoms with Gasteiger partial charge < -0.3 is 10.5 Å². The number of ether oxygens (including phenoxy) is 1. The van der Waals surface area contributed by atoms with Crippen LogP contribution in [-0.2, 0) is 14.8 Å². The van der Waals surface area contributed by atoms with Crippen LogP contribution in [0, 0.1) is 0 Å². The van der Waals surface area contributed by atoms with Crippen LogP contribution in [0.3, 0.4) is 0 Å². The van der Waals surface area contributed by atoms with Crippen LogP contribution in [0.15, 0.2) is 23.1 Å². The Kier molecular flexibility index (Phi) is 3.21. The Morgan fingerprint density at radius 2 is 1.89 bits per heavy atom. The number of fused-ring (bicyclic) bond motifs is 2. The molecule has 1 aromatic rings. The van der Waals surface area contributed by atoms with E-state index in [1.807, 2.05) is 0 Å². The second-order valence-corrected chi connectivity index (χ2v) is 7.31. The Morgan fingerprint density at radius 3 is 2.47 bits per heavy atom. The summed E-state index contributed by atoms with van der Waals surface area (Å²) in [4.78, 5) is 0.190. The van der Waals surface area contributed by atoms with E-state index in [9.17, 15) is 8.42 Å². The number of anilines is 1. The van der Waals surface area contributed by atoms with Crippen molar-refractivity contribution in [3.8, 4) is 0 Å². The fraction of sp³-hybridized carbons (Fsp3) is 0.500. The van der Waals surface area contributed by atoms with E-state index in [1.165, 1.54) is 22.5 Å². The third-order valence-corrected chi connectivity index (χ3v) is 5.79. The van der Waals surface area contributed by atoms with E-state index >= 15 is 0 Å². The Balaban J connectivity index is 1.91. The highest BCUT2D eigenvalue weighted by Gasteiger charge is 2.39. The molecule has 19 heavy (non-hydrogen) atoms. The molecule has 0 aliphatic carbocycles. The van der Waals surface area contributed by atoms with Gasteiger partial charge >= 0.3 is 0 Å². The standard InChI is InChI=1S/C12H15ClN2O3S/c13-11-4-3-10(5-12(11)14)19(16,17)15-6-8-1-2-9(7-15)18-8/h3-5,8-9H,1-2,6-7,14H2. The minimum Gasteiger partial charge on any atom is -0.397 e. The van der Waals surface area contributed by atoms with Crippen LogP contribution in [0.5, 0.6) is 0 Å². The number of hydrogen-bond donors (Lipinski definition) is 1. The van der Waals surface area contributed by atoms with Gasteiger partial charge in [0.1, 0.15) is 0 Å². The third-order valence-electron chi connectivity index (χ3n) is 3.62. The summed E-state index contributed by atoms with van der Waals surface area (Å²) in [6.07, 6.45) is 1.91. The Hall–Kier alpha value is -0.820. The first-order chi connectivity index (χ1) is 8.96. The molecule has 3 rings (SSSR count). The molecule has 0 radical (unpaired) electrons. The van der Waals surface area contributed by atoms with Crippen molar-refractivity contribution in [1.29, 1.82) is 0 Å². The first-order valence-corrected chi connectivity index (χ1v) is 7.99. The molecule has 2 aliphatic rings. The SMILES string of the molecule is Nc1cc(S(=O)(=O)N2CC3CCC(C2)O3)ccc1Cl. The molecule has 7 heteroatoms. The molecule has 2 saturated heterocycles. The lowest BCUT2D eigenvalue weighted by atomic mass is 10.2. The number of sulfonamides is 1. The van der Waals surface area contributed by atoms with E-state index in [-0.39, 0.29) is 22.8 Å². The quantitative estimate of drug-likeness (QED) is 0.840. The number of nitrogens with two attached hydrogens (primary N) is 1. The zero-order valence-corrected chi connectivity index (χ0v) is 11.8. The monoisotopic (exact) mass is 302 g/mol. The number of nitrogen functional groups attached to an aromatic ring is 1. The summed E-state index contributed by atoms with van der Waals surface area (Å²) in [7, 11) is -3.51. The highest BCUT2D eigenvalue weighted by molar-refractivity contribution is 7.89. The van der Waals surface area contributed by atoms with E-state index in [0.29, 0.717) is 18.1 Å². The van der Waals surface area contributed by atoms with Gasteiger partial charge in [0.2, 0.25) is 10.0 Å². The zero-order valence-electron chi connectivity index (χ0n) is 10.3. The second kappa shape index (κ2) is 4.63. The van der Waals surface area contributed by atoms with Gasteiger partial charge in [-0.15, -0.1) is 0 Å². The molecular formula is C12H15ClN2O3S. The van der Waals surface area contributed by atoms with Crippen molar-refractivity contribution in [3.63, 3.8) is 0 Å². The van der Waals surface area contributed by atoms with Gasteiger partial charge in [-0.3, -0.25) is 0 Å². The summed E-state index contributed by atoms with van der Waals surface area (Å²) in [5.41, 5.74) is 5.95. The summed E-state index contributed by atoms with van der Waals surface area (Å²) in [6, 6.07) is 4.42. The maximum Gasteiger partial charge on any atom is 0.243 e. The van der Waals surface area contributed by atoms with Gasteiger partial charge in [0, 0.05) is 13.1 Å². The van der Waals surface area contributed by atoms with Gasteiger partial charge in [0.15, 0.2) is 0 Å². The van der Waals surface area contributed by atoms with E-state index in [0.717, 1.165) is 12.8 Å². The van der Waals surface area contributed by atoms with E-state index in [4.69, 9.17) is 22.1 Å². The predicted octanol–water partition coefficient (Wildman–Crippen LogP) is 1.47. The summed E-state index contributed by atoms with van der Waals surface area (Å²) in [6.45, 7) is 0.836. The molecule has 1 aromatic carbocycles. The highest BCUT2D eigenvalue weighted by atomic mass is 35.5. The van der Waals surface area contributed by atoms with Gasteiger partial charge in [0.25, 0.3) is 0 Å². The van der Waals surface area contributed by atoms with Crippen LogP contribution in [0.4, 0.5) is 5.69 Å². The van der Waals surface area contributed by atoms with Crippen molar-refractivity contribution in [2.45, 2.75) is 29.9 Å². The molecule has 2 bridgehead atoms. The van der Waals surface area contributed by atoms with Gasteiger partial charge in [-0.25, -0.2) is 8.42 Å². The van der Waals surface area contributed by atoms with Crippen molar-refractivity contribution >= 4 is 27.3 Å². The fourth-order valence-corrected chi connectivity index (χ4v) is 4.26. The van der Waals surface area contributed by atoms with Gasteiger partial charge in [-0.2, -0.15) is 4.31 Å². The van der Waals surface area contributed by atoms with Crippen molar-refractivity contribution in [1.82, 2.24) is 4.31 Å². The first kappa shape index (κ1) is 13.2. The van der Waals surface area contributed by atoms with Crippen molar-refractivity contribution in [2.24, 2.45) is 0 Å². The lowest BCUT2D eigenvalue weighted by Crippen LogP contribution is -2.45. The van der Waals surface area contributed by atoms with Crippen LogP contribution in [0.25, 0.3) is 0 Å². The highest BCUT2D eigenvalue weighted by Crippen LogP contribution is 2.31. The number of halogens is 1. The van der Waals surface area contributed by atoms with Crippen LogP contribution in [-0.4, -0.2) is 38.0 Å². The summed E-state index contributed by atoms with van der Waals surface area (Å²) in [5, 5.41) is 0.362. The van der Waals surface area contributed by atoms with Crippen LogP contribution < -0.4 is 5.73 Å². The molecule has 2 atom stereocenters. The topological polar surface area (TPSA) is 72.6 Å². The molecule has 2 unspecified atom stereocenters. The zero-order chi connectivity index (χ0) is 13.6. The maximum atomic E-state index is 12.5. The first-order valence-electron chi connectivity index (χ1n) is 6.17. The Morgan fingerprint density at radius 1 is 1.26 bits per heavy atom. The second-order valence-electron chi connectivity index (χ2n) is 4.96. The van der Waals surface area contributed by atoms with Crippen molar-refractivity contribution in [3.05, 3.63) is 23.2 Å². The van der Waals surface area contributed by atoms with Gasteiger partial charge in [0.05, 0.1) is 27.8 Å². The van der Waals surface area contributed by atoms with Crippen molar-refractivity contribution < 1.29 is 13.2 Å². The average Bonchev–Trinajstić information content (AvgIpc) is 2.71. The maximum absolute atomic E-state index is 12.5. The molecule has 0 spiro atoms. The molecule has 5 nitrogen and oxygen atoms in total. The lowest BCUT2D eigenvalue weighted by Gasteiger charge is -2.31. The summed E-state index contributed by atoms with van der Waals surface area (Å²) in [5.74, 6) is 0. The molecular weight excluding hydrogens is 288 g/mol. The van der Waals surface area contributed by atoms with E-state index in [1.54, 1.807) is 0 Å². The molecule has 2 fully saturated rings. The van der Waals surface area contributed by atoms with Crippen LogP contribution in [0.2, 0.25) is 5.02 Å². The molecule has 104 valence electrons. The number of hydrogen-bond acceptors (Lipinski definition) is 4. The fourth-order valence-electron chi connectivity index (χ4n) is 2.61. The lowest BCUT2D eigenvalue weighted by molar-refractivity contribution is -0.0114. The predicted molar refractivity (Wildman–Crippen MR) is 72.5 cm³/mol. The van der Waals surface area contributed by atoms with Crippen molar-refractivity contribution in [2.75, 3.05) is 18.8 Å². The number of benzene rings is 1. The molecule has 0 saturated carbocycles. The summed E-state index contributed by atoms with van der Waals surface area (Å²) < 4.78 is 32.2. The minimum atomic E-state index is -3.51. The summed E-state index contributed by atoms with van der Waals surface area (Å²) >= 11 is 5.82. The van der Waals surface area contributed by atoms with Gasteiger partial charge in [-0.05, 0) is 31.0 Å². The smallest absolute Gasteiger partial charge is 0.243 e. The molecule has 2 heterocycles. The van der Waals surface area contributed by atoms with E-state index < -0.39 is 10.0 Å². The molecule has 2 aliphatic heterocycles. The third kappa shape index (κ3) is 2.33. The van der Waals surface area contributed by atoms with Gasteiger partial charge in [-0.1, -0.05) is 11.6 Å². The van der Waals surface area contributed by atoms with Crippen LogP contribution in [0.1, 0.15) is 12.8 Å². The minimum absolute atomic E-state index is 0.0261. The van der Waals surface area contributed by atoms with E-state index in [2.05, 4.69) is 0 Å². The largest absolute Gasteiger partial charge is 0.397 e. The normalized spacial score (nSPS) is 27.6. The Labute approximate surface area is 117 Å². The molecule has 2 N–H and O–H groups in total. The molecule has 0 aromatic heterocycles. The number of rotatable bonds is 2. The number of morpholine rings is 1. The van der Waals surface area contributed by atoms with Crippen LogP contribution >= 0.6 is 11.6 Å². The Bertz CT molecular complexity index is 593.